The molecule has 5 nitrogen and oxygen atoms in total. The molecule has 0 heterocycles. The summed E-state index contributed by atoms with van der Waals surface area (Å²) in [6.07, 6.45) is 5.65. The Morgan fingerprint density at radius 1 is 1.00 bits per heavy atom. The number of hydrogen-bond acceptors (Lipinski definition) is 4. The fourth-order valence-corrected chi connectivity index (χ4v) is 3.43. The van der Waals surface area contributed by atoms with E-state index >= 15 is 0 Å². The van der Waals surface area contributed by atoms with Gasteiger partial charge in [-0.25, -0.2) is 0 Å². The van der Waals surface area contributed by atoms with Crippen LogP contribution in [0.3, 0.4) is 0 Å². The van der Waals surface area contributed by atoms with Crippen LogP contribution in [0.1, 0.15) is 44.6 Å². The molecule has 136 valence electrons. The number of rotatable bonds is 9. The Hall–Kier alpha value is -0.414. The first kappa shape index (κ1) is 23.6. The van der Waals surface area contributed by atoms with Gasteiger partial charge in [0.2, 0.25) is 0 Å². The van der Waals surface area contributed by atoms with Gasteiger partial charge in [0.1, 0.15) is 16.4 Å². The fourth-order valence-electron chi connectivity index (χ4n) is 2.67. The van der Waals surface area contributed by atoms with Crippen molar-refractivity contribution in [3.63, 3.8) is 0 Å². The molecule has 0 atom stereocenters. The van der Waals surface area contributed by atoms with Crippen molar-refractivity contribution in [2.24, 2.45) is 0 Å². The molecule has 0 aliphatic carbocycles. The number of ether oxygens (including phenoxy) is 1. The van der Waals surface area contributed by atoms with Crippen LogP contribution in [0, 0.1) is 0 Å². The summed E-state index contributed by atoms with van der Waals surface area (Å²) in [5.41, 5.74) is 0.465. The Morgan fingerprint density at radius 2 is 1.65 bits per heavy atom. The molecule has 26 heavy (non-hydrogen) atoms. The second-order valence-corrected chi connectivity index (χ2v) is 7.34. The third-order valence-corrected chi connectivity index (χ3v) is 4.89. The zero-order chi connectivity index (χ0) is 18.3. The first-order valence-corrected chi connectivity index (χ1v) is 9.90. The number of benzene rings is 2. The van der Waals surface area contributed by atoms with Crippen molar-refractivity contribution < 1.29 is 74.2 Å². The third kappa shape index (κ3) is 7.30. The third-order valence-electron chi connectivity index (χ3n) is 3.95. The van der Waals surface area contributed by atoms with Gasteiger partial charge in [-0.1, -0.05) is 50.8 Å². The Labute approximate surface area is 198 Å². The summed E-state index contributed by atoms with van der Waals surface area (Å²) < 4.78 is 38.7. The average Bonchev–Trinajstić information content (AvgIpc) is 2.57. The molecule has 0 aliphatic heterocycles. The van der Waals surface area contributed by atoms with Crippen LogP contribution >= 0.6 is 0 Å². The molecule has 0 amide bonds. The Balaban J connectivity index is 0.00000338. The average molecular weight is 403 g/mol. The van der Waals surface area contributed by atoms with E-state index in [9.17, 15) is 18.1 Å². The maximum Gasteiger partial charge on any atom is 1.00 e. The van der Waals surface area contributed by atoms with Crippen LogP contribution in [-0.4, -0.2) is 13.0 Å². The summed E-state index contributed by atoms with van der Waals surface area (Å²) in [5.74, 6) is 0.693. The molecular weight excluding hydrogens is 379 g/mol. The maximum absolute atomic E-state index is 11.7. The maximum atomic E-state index is 11.7. The van der Waals surface area contributed by atoms with Gasteiger partial charge in [-0.2, -0.15) is 8.42 Å². The van der Waals surface area contributed by atoms with Crippen molar-refractivity contribution in [2.45, 2.75) is 50.3 Å². The smallest absolute Gasteiger partial charge is 0.872 e. The van der Waals surface area contributed by atoms with Crippen LogP contribution in [0.4, 0.5) is 0 Å². The van der Waals surface area contributed by atoms with Crippen molar-refractivity contribution >= 4 is 10.1 Å². The first-order chi connectivity index (χ1) is 11.9. The summed E-state index contributed by atoms with van der Waals surface area (Å²) in [6.45, 7) is 2.13. The molecule has 0 aromatic heterocycles. The monoisotopic (exact) mass is 402 g/mol. The van der Waals surface area contributed by atoms with Gasteiger partial charge in [0.25, 0.3) is 10.1 Å². The van der Waals surface area contributed by atoms with Crippen molar-refractivity contribution in [1.29, 1.82) is 0 Å². The predicted octanol–water partition coefficient (Wildman–Crippen LogP) is 1.32. The van der Waals surface area contributed by atoms with Gasteiger partial charge in [0, 0.05) is 5.56 Å². The quantitative estimate of drug-likeness (QED) is 0.388. The van der Waals surface area contributed by atoms with E-state index in [2.05, 4.69) is 6.92 Å². The van der Waals surface area contributed by atoms with Gasteiger partial charge in [-0.3, -0.25) is 4.55 Å². The van der Waals surface area contributed by atoms with Crippen molar-refractivity contribution in [3.05, 3.63) is 48.0 Å². The molecule has 0 bridgehead atoms. The zero-order valence-corrected chi connectivity index (χ0v) is 19.2. The molecule has 1 N–H and O–H groups in total. The van der Waals surface area contributed by atoms with Gasteiger partial charge in [-0.15, -0.1) is 5.75 Å². The zero-order valence-electron chi connectivity index (χ0n) is 15.3. The minimum Gasteiger partial charge on any atom is -0.872 e. The van der Waals surface area contributed by atoms with Gasteiger partial charge < -0.3 is 9.84 Å². The standard InChI is InChI=1S/C19H24O5S.K/c1-2-3-4-5-6-8-17-18(9-7-10-19(17)25(21,22)23)24-16-13-11-15(20)12-14-16;/h7,9-14,20H,2-6,8H2,1H3,(H,21,22,23);/q;+1/p-1. The van der Waals surface area contributed by atoms with Crippen LogP contribution in [0.5, 0.6) is 17.2 Å². The topological polar surface area (TPSA) is 86.7 Å². The fraction of sp³-hybridized carbons (Fsp3) is 0.368. The van der Waals surface area contributed by atoms with E-state index in [0.29, 0.717) is 23.5 Å². The molecule has 7 heteroatoms. The molecule has 2 aromatic carbocycles. The van der Waals surface area contributed by atoms with E-state index in [1.54, 1.807) is 6.07 Å². The molecule has 0 saturated carbocycles. The molecule has 0 fully saturated rings. The molecular formula is C19H23KO5S. The largest absolute Gasteiger partial charge is 1.00 e. The summed E-state index contributed by atoms with van der Waals surface area (Å²) in [5, 5.41) is 11.2. The van der Waals surface area contributed by atoms with Crippen LogP contribution in [0.2, 0.25) is 0 Å². The van der Waals surface area contributed by atoms with E-state index in [0.717, 1.165) is 32.1 Å². The van der Waals surface area contributed by atoms with Crippen molar-refractivity contribution in [1.82, 2.24) is 0 Å². The molecule has 0 radical (unpaired) electrons. The summed E-state index contributed by atoms with van der Waals surface area (Å²) in [6, 6.07) is 10.4. The molecule has 0 unspecified atom stereocenters. The van der Waals surface area contributed by atoms with Crippen molar-refractivity contribution in [3.8, 4) is 17.2 Å². The molecule has 0 saturated heterocycles. The summed E-state index contributed by atoms with van der Waals surface area (Å²) in [4.78, 5) is -0.124. The van der Waals surface area contributed by atoms with E-state index < -0.39 is 10.1 Å². The van der Waals surface area contributed by atoms with E-state index in [1.807, 2.05) is 0 Å². The van der Waals surface area contributed by atoms with Crippen molar-refractivity contribution in [2.75, 3.05) is 0 Å². The molecule has 0 aliphatic rings. The van der Waals surface area contributed by atoms with E-state index in [1.165, 1.54) is 36.4 Å². The van der Waals surface area contributed by atoms with Gasteiger partial charge >= 0.3 is 51.4 Å². The van der Waals surface area contributed by atoms with Crippen LogP contribution in [0.15, 0.2) is 47.4 Å². The molecule has 0 spiro atoms. The Kier molecular flexibility index (Phi) is 10.4. The molecule has 2 rings (SSSR count). The second kappa shape index (κ2) is 11.4. The summed E-state index contributed by atoms with van der Waals surface area (Å²) in [7, 11) is -4.33. The molecule has 2 aromatic rings. The van der Waals surface area contributed by atoms with Gasteiger partial charge in [0.05, 0.1) is 0 Å². The van der Waals surface area contributed by atoms with E-state index in [4.69, 9.17) is 4.74 Å². The summed E-state index contributed by atoms with van der Waals surface area (Å²) >= 11 is 0. The number of unbranched alkanes of at least 4 members (excludes halogenated alkanes) is 4. The number of hydrogen-bond donors (Lipinski definition) is 1. The second-order valence-electron chi connectivity index (χ2n) is 5.95. The normalized spacial score (nSPS) is 11.0. The van der Waals surface area contributed by atoms with E-state index in [-0.39, 0.29) is 62.0 Å². The van der Waals surface area contributed by atoms with Crippen LogP contribution < -0.4 is 61.2 Å². The van der Waals surface area contributed by atoms with Crippen LogP contribution in [0.25, 0.3) is 0 Å². The minimum absolute atomic E-state index is 0. The van der Waals surface area contributed by atoms with Gasteiger partial charge in [0.15, 0.2) is 0 Å². The van der Waals surface area contributed by atoms with Crippen LogP contribution in [-0.2, 0) is 16.5 Å². The Morgan fingerprint density at radius 3 is 2.27 bits per heavy atom. The Bertz CT molecular complexity index is 788. The SMILES string of the molecule is CCCCCCCc1c(Oc2ccc([O-])cc2)cccc1S(=O)(=O)O.[K+]. The first-order valence-electron chi connectivity index (χ1n) is 8.46. The minimum atomic E-state index is -4.33. The predicted molar refractivity (Wildman–Crippen MR) is 94.7 cm³/mol. The van der Waals surface area contributed by atoms with Gasteiger partial charge in [-0.05, 0) is 37.1 Å².